The number of amidine groups is 1. The zero-order valence-corrected chi connectivity index (χ0v) is 20.7. The van der Waals surface area contributed by atoms with E-state index in [2.05, 4.69) is 5.32 Å². The molecule has 192 valence electrons. The van der Waals surface area contributed by atoms with Crippen LogP contribution >= 0.6 is 12.4 Å². The van der Waals surface area contributed by atoms with E-state index in [1.165, 1.54) is 4.90 Å². The Morgan fingerprint density at radius 1 is 1.09 bits per heavy atom. The van der Waals surface area contributed by atoms with Crippen molar-refractivity contribution in [2.75, 3.05) is 26.3 Å². The molecule has 1 unspecified atom stereocenters. The smallest absolute Gasteiger partial charge is 0.260 e. The first-order valence-electron chi connectivity index (χ1n) is 10.9. The average Bonchev–Trinajstić information content (AvgIpc) is 2.82. The number of rotatable bonds is 12. The van der Waals surface area contributed by atoms with Crippen LogP contribution in [0.2, 0.25) is 0 Å². The van der Waals surface area contributed by atoms with Gasteiger partial charge in [0.25, 0.3) is 11.8 Å². The number of ether oxygens (including phenoxy) is 2. The Hall–Kier alpha value is -3.24. The van der Waals surface area contributed by atoms with Crippen LogP contribution in [0.25, 0.3) is 0 Å². The van der Waals surface area contributed by atoms with E-state index in [4.69, 9.17) is 20.6 Å². The minimum absolute atomic E-state index is 0. The Labute approximate surface area is 209 Å². The molecule has 2 rings (SSSR count). The van der Waals surface area contributed by atoms with Gasteiger partial charge in [-0.05, 0) is 38.5 Å². The van der Waals surface area contributed by atoms with E-state index >= 15 is 4.39 Å². The highest BCUT2D eigenvalue weighted by atomic mass is 35.5. The van der Waals surface area contributed by atoms with Crippen molar-refractivity contribution in [3.05, 3.63) is 64.7 Å². The van der Waals surface area contributed by atoms with E-state index < -0.39 is 35.8 Å². The number of nitrogen functional groups attached to an aromatic ring is 1. The second-order valence-corrected chi connectivity index (χ2v) is 7.29. The molecule has 0 aliphatic carbocycles. The van der Waals surface area contributed by atoms with Crippen LogP contribution in [0, 0.1) is 17.0 Å². The molecular formula is C24H31ClF2N4O4. The molecule has 0 bridgehead atoms. The lowest BCUT2D eigenvalue weighted by Crippen LogP contribution is -2.34. The molecule has 2 aromatic rings. The third-order valence-corrected chi connectivity index (χ3v) is 5.12. The van der Waals surface area contributed by atoms with Gasteiger partial charge in [-0.15, -0.1) is 12.4 Å². The fourth-order valence-electron chi connectivity index (χ4n) is 3.25. The highest BCUT2D eigenvalue weighted by Crippen LogP contribution is 2.30. The minimum Gasteiger partial charge on any atom is -0.481 e. The monoisotopic (exact) mass is 512 g/mol. The topological polar surface area (TPSA) is 118 Å². The molecule has 0 aliphatic heterocycles. The van der Waals surface area contributed by atoms with Crippen LogP contribution in [0.15, 0.2) is 36.4 Å². The molecule has 0 aromatic heterocycles. The third-order valence-electron chi connectivity index (χ3n) is 5.12. The minimum atomic E-state index is -1.57. The molecule has 11 heteroatoms. The number of amides is 2. The predicted octanol–water partition coefficient (Wildman–Crippen LogP) is 3.31. The first-order valence-corrected chi connectivity index (χ1v) is 10.9. The van der Waals surface area contributed by atoms with Gasteiger partial charge in [-0.25, -0.2) is 8.78 Å². The van der Waals surface area contributed by atoms with Gasteiger partial charge in [0.2, 0.25) is 0 Å². The van der Waals surface area contributed by atoms with E-state index in [0.717, 1.165) is 12.1 Å². The summed E-state index contributed by atoms with van der Waals surface area (Å²) in [6.45, 7) is 5.82. The summed E-state index contributed by atoms with van der Waals surface area (Å²) in [6.07, 6.45) is -1.57. The third kappa shape index (κ3) is 7.90. The maximum absolute atomic E-state index is 15.2. The van der Waals surface area contributed by atoms with Crippen molar-refractivity contribution in [3.63, 3.8) is 0 Å². The summed E-state index contributed by atoms with van der Waals surface area (Å²) in [4.78, 5) is 26.5. The number of likely N-dealkylation sites (N-methyl/N-ethyl adjacent to an activating group) is 1. The van der Waals surface area contributed by atoms with Crippen molar-refractivity contribution in [2.45, 2.75) is 33.4 Å². The number of nitrogens with one attached hydrogen (secondary N) is 2. The number of halogens is 3. The van der Waals surface area contributed by atoms with Gasteiger partial charge in [0.1, 0.15) is 11.7 Å². The summed E-state index contributed by atoms with van der Waals surface area (Å²) in [5.41, 5.74) is 6.05. The van der Waals surface area contributed by atoms with Gasteiger partial charge >= 0.3 is 0 Å². The number of carbonyl (C=O) groups is 2. The number of benzene rings is 2. The standard InChI is InChI=1S/C24H30F2N4O4.ClH/c1-4-30(5-2)19(31)14-34-18-12-11-17(25)20(21(18)26)22(33-6-3)24(32)29-13-15-7-9-16(10-8-15)23(27)28;/h7-12,22H,4-6,13-14H2,1-3H3,(H3,27,28)(H,29,32);1H. The van der Waals surface area contributed by atoms with Crippen LogP contribution < -0.4 is 15.8 Å². The normalized spacial score (nSPS) is 11.2. The molecule has 0 saturated carbocycles. The van der Waals surface area contributed by atoms with Crippen LogP contribution in [0.4, 0.5) is 8.78 Å². The molecule has 8 nitrogen and oxygen atoms in total. The van der Waals surface area contributed by atoms with E-state index in [1.807, 2.05) is 0 Å². The van der Waals surface area contributed by atoms with Crippen molar-refractivity contribution >= 4 is 30.1 Å². The van der Waals surface area contributed by atoms with Crippen molar-refractivity contribution in [3.8, 4) is 5.75 Å². The Balaban J connectivity index is 0.00000612. The quantitative estimate of drug-likeness (QED) is 0.298. The maximum atomic E-state index is 15.2. The fourth-order valence-corrected chi connectivity index (χ4v) is 3.25. The molecule has 2 aromatic carbocycles. The van der Waals surface area contributed by atoms with E-state index in [-0.39, 0.29) is 43.1 Å². The molecule has 0 aliphatic rings. The molecule has 0 radical (unpaired) electrons. The Morgan fingerprint density at radius 2 is 1.71 bits per heavy atom. The van der Waals surface area contributed by atoms with Crippen LogP contribution in [0.1, 0.15) is 43.6 Å². The summed E-state index contributed by atoms with van der Waals surface area (Å²) in [6, 6.07) is 8.65. The number of hydrogen-bond acceptors (Lipinski definition) is 5. The molecule has 35 heavy (non-hydrogen) atoms. The van der Waals surface area contributed by atoms with Crippen molar-refractivity contribution in [1.29, 1.82) is 5.41 Å². The summed E-state index contributed by atoms with van der Waals surface area (Å²) in [5, 5.41) is 10.0. The SMILES string of the molecule is CCOC(C(=O)NCc1ccc(C(=N)N)cc1)c1c(F)ccc(OCC(=O)N(CC)CC)c1F.Cl. The summed E-state index contributed by atoms with van der Waals surface area (Å²) in [5.74, 6) is -3.60. The van der Waals surface area contributed by atoms with Gasteiger partial charge in [0.05, 0.1) is 5.56 Å². The number of nitrogens with zero attached hydrogens (tertiary/aromatic N) is 1. The first-order chi connectivity index (χ1) is 16.2. The second kappa shape index (κ2) is 14.2. The van der Waals surface area contributed by atoms with Crippen LogP contribution in [-0.4, -0.2) is 48.9 Å². The molecule has 0 saturated heterocycles. The van der Waals surface area contributed by atoms with Gasteiger partial charge in [-0.1, -0.05) is 24.3 Å². The van der Waals surface area contributed by atoms with E-state index in [9.17, 15) is 14.0 Å². The lowest BCUT2D eigenvalue weighted by molar-refractivity contribution is -0.134. The number of hydrogen-bond donors (Lipinski definition) is 3. The number of carbonyl (C=O) groups excluding carboxylic acids is 2. The largest absolute Gasteiger partial charge is 0.481 e. The van der Waals surface area contributed by atoms with Crippen molar-refractivity contribution < 1.29 is 27.8 Å². The molecule has 0 fully saturated rings. The zero-order chi connectivity index (χ0) is 25.3. The molecule has 4 N–H and O–H groups in total. The lowest BCUT2D eigenvalue weighted by atomic mass is 10.1. The van der Waals surface area contributed by atoms with E-state index in [0.29, 0.717) is 24.2 Å². The molecular weight excluding hydrogens is 482 g/mol. The Bertz CT molecular complexity index is 1020. The second-order valence-electron chi connectivity index (χ2n) is 7.29. The highest BCUT2D eigenvalue weighted by Gasteiger charge is 2.30. The van der Waals surface area contributed by atoms with Crippen molar-refractivity contribution in [2.24, 2.45) is 5.73 Å². The lowest BCUT2D eigenvalue weighted by Gasteiger charge is -2.21. The fraction of sp³-hybridized carbons (Fsp3) is 0.375. The Kier molecular flexibility index (Phi) is 12.1. The predicted molar refractivity (Wildman–Crippen MR) is 131 cm³/mol. The maximum Gasteiger partial charge on any atom is 0.260 e. The van der Waals surface area contributed by atoms with E-state index in [1.54, 1.807) is 45.0 Å². The number of nitrogens with two attached hydrogens (primary N) is 1. The average molecular weight is 513 g/mol. The highest BCUT2D eigenvalue weighted by molar-refractivity contribution is 5.94. The summed E-state index contributed by atoms with van der Waals surface area (Å²) < 4.78 is 40.5. The van der Waals surface area contributed by atoms with Gasteiger partial charge in [0, 0.05) is 31.8 Å². The van der Waals surface area contributed by atoms with Crippen LogP contribution in [0.3, 0.4) is 0 Å². The van der Waals surface area contributed by atoms with Gasteiger partial charge in [0.15, 0.2) is 24.3 Å². The van der Waals surface area contributed by atoms with Crippen LogP contribution in [0.5, 0.6) is 5.75 Å². The van der Waals surface area contributed by atoms with Crippen molar-refractivity contribution in [1.82, 2.24) is 10.2 Å². The molecule has 1 atom stereocenters. The van der Waals surface area contributed by atoms with Gasteiger partial charge in [-0.2, -0.15) is 0 Å². The summed E-state index contributed by atoms with van der Waals surface area (Å²) in [7, 11) is 0. The van der Waals surface area contributed by atoms with Gasteiger partial charge in [-0.3, -0.25) is 15.0 Å². The Morgan fingerprint density at radius 3 is 2.26 bits per heavy atom. The molecule has 2 amide bonds. The summed E-state index contributed by atoms with van der Waals surface area (Å²) >= 11 is 0. The van der Waals surface area contributed by atoms with Gasteiger partial charge < -0.3 is 25.4 Å². The first kappa shape index (κ1) is 29.8. The molecule has 0 spiro atoms. The molecule has 0 heterocycles. The zero-order valence-electron chi connectivity index (χ0n) is 19.9. The van der Waals surface area contributed by atoms with Crippen LogP contribution in [-0.2, 0) is 20.9 Å².